The first-order chi connectivity index (χ1) is 17.9. The van der Waals surface area contributed by atoms with Gasteiger partial charge in [0.2, 0.25) is 0 Å². The van der Waals surface area contributed by atoms with E-state index in [0.717, 1.165) is 28.5 Å². The lowest BCUT2D eigenvalue weighted by atomic mass is 10.1. The minimum absolute atomic E-state index is 0.0508. The van der Waals surface area contributed by atoms with Gasteiger partial charge in [-0.25, -0.2) is 9.18 Å². The van der Waals surface area contributed by atoms with Gasteiger partial charge in [-0.2, -0.15) is 0 Å². The summed E-state index contributed by atoms with van der Waals surface area (Å²) in [5, 5.41) is 3.53. The zero-order valence-electron chi connectivity index (χ0n) is 21.1. The number of urea groups is 1. The number of aromatic nitrogens is 1. The summed E-state index contributed by atoms with van der Waals surface area (Å²) in [6.07, 6.45) is 1.35. The van der Waals surface area contributed by atoms with Crippen molar-refractivity contribution in [2.24, 2.45) is 0 Å². The number of hydrogen-bond acceptors (Lipinski definition) is 4. The molecule has 0 unspecified atom stereocenters. The minimum atomic E-state index is -0.536. The van der Waals surface area contributed by atoms with Crippen LogP contribution < -0.4 is 20.3 Å². The van der Waals surface area contributed by atoms with E-state index in [1.165, 1.54) is 17.0 Å². The van der Waals surface area contributed by atoms with E-state index in [0.29, 0.717) is 23.5 Å². The third kappa shape index (κ3) is 6.09. The van der Waals surface area contributed by atoms with Crippen LogP contribution >= 0.6 is 0 Å². The predicted molar refractivity (Wildman–Crippen MR) is 143 cm³/mol. The highest BCUT2D eigenvalue weighted by Crippen LogP contribution is 2.28. The van der Waals surface area contributed by atoms with E-state index in [1.807, 2.05) is 36.4 Å². The van der Waals surface area contributed by atoms with Gasteiger partial charge in [-0.15, -0.1) is 0 Å². The number of ether oxygens (including phenoxy) is 2. The Balaban J connectivity index is 1.62. The third-order valence-corrected chi connectivity index (χ3v) is 6.28. The van der Waals surface area contributed by atoms with Gasteiger partial charge in [-0.3, -0.25) is 4.79 Å². The number of hydrogen-bond donors (Lipinski definition) is 2. The van der Waals surface area contributed by atoms with Crippen molar-refractivity contribution in [3.05, 3.63) is 99.6 Å². The van der Waals surface area contributed by atoms with Gasteiger partial charge < -0.3 is 24.7 Å². The summed E-state index contributed by atoms with van der Waals surface area (Å²) in [5.41, 5.74) is 3.04. The molecule has 1 aromatic heterocycles. The first-order valence-electron chi connectivity index (χ1n) is 12.1. The van der Waals surface area contributed by atoms with Crippen LogP contribution in [-0.4, -0.2) is 36.7 Å². The second-order valence-corrected chi connectivity index (χ2v) is 8.67. The van der Waals surface area contributed by atoms with Gasteiger partial charge in [0.15, 0.2) is 11.5 Å². The lowest BCUT2D eigenvalue weighted by molar-refractivity contribution is 0.209. The molecular formula is C29H30FN3O4. The highest BCUT2D eigenvalue weighted by molar-refractivity contribution is 5.89. The molecule has 0 saturated carbocycles. The van der Waals surface area contributed by atoms with E-state index in [-0.39, 0.29) is 24.3 Å². The van der Waals surface area contributed by atoms with Gasteiger partial charge >= 0.3 is 6.03 Å². The van der Waals surface area contributed by atoms with Crippen LogP contribution in [0, 0.1) is 5.82 Å². The molecule has 8 heteroatoms. The normalized spacial score (nSPS) is 10.8. The Bertz CT molecular complexity index is 1470. The SMILES string of the molecule is CCc1ccc2[nH]c(=O)c(CN(CCc3ccc(OC)c(OC)c3)C(=O)Nc3ccccc3F)cc2c1. The quantitative estimate of drug-likeness (QED) is 0.315. The van der Waals surface area contributed by atoms with E-state index >= 15 is 0 Å². The summed E-state index contributed by atoms with van der Waals surface area (Å²) in [5.74, 6) is 0.654. The van der Waals surface area contributed by atoms with Crippen LogP contribution in [-0.2, 0) is 19.4 Å². The fourth-order valence-corrected chi connectivity index (χ4v) is 4.15. The van der Waals surface area contributed by atoms with E-state index in [1.54, 1.807) is 32.4 Å². The number of carbonyl (C=O) groups is 1. The lowest BCUT2D eigenvalue weighted by Crippen LogP contribution is -2.37. The highest BCUT2D eigenvalue weighted by Gasteiger charge is 2.18. The van der Waals surface area contributed by atoms with Crippen LogP contribution in [0.2, 0.25) is 0 Å². The number of fused-ring (bicyclic) bond motifs is 1. The van der Waals surface area contributed by atoms with E-state index in [2.05, 4.69) is 17.2 Å². The summed E-state index contributed by atoms with van der Waals surface area (Å²) >= 11 is 0. The molecule has 4 rings (SSSR count). The molecule has 0 aliphatic heterocycles. The number of rotatable bonds is 9. The molecule has 0 fully saturated rings. The van der Waals surface area contributed by atoms with Gasteiger partial charge in [0.05, 0.1) is 26.5 Å². The first-order valence-corrected chi connectivity index (χ1v) is 12.1. The average molecular weight is 504 g/mol. The fraction of sp³-hybridized carbons (Fsp3) is 0.241. The number of aryl methyl sites for hydroxylation is 1. The lowest BCUT2D eigenvalue weighted by Gasteiger charge is -2.23. The molecule has 4 aromatic rings. The maximum atomic E-state index is 14.2. The van der Waals surface area contributed by atoms with Crippen LogP contribution in [0.5, 0.6) is 11.5 Å². The minimum Gasteiger partial charge on any atom is -0.493 e. The highest BCUT2D eigenvalue weighted by atomic mass is 19.1. The van der Waals surface area contributed by atoms with Gasteiger partial charge in [0.25, 0.3) is 5.56 Å². The van der Waals surface area contributed by atoms with Gasteiger partial charge in [0, 0.05) is 17.6 Å². The Kier molecular flexibility index (Phi) is 8.08. The Hall–Kier alpha value is -4.33. The number of halogens is 1. The van der Waals surface area contributed by atoms with Crippen molar-refractivity contribution in [3.8, 4) is 11.5 Å². The molecule has 0 saturated heterocycles. The van der Waals surface area contributed by atoms with Gasteiger partial charge in [-0.05, 0) is 71.8 Å². The number of anilines is 1. The molecular weight excluding hydrogens is 473 g/mol. The Labute approximate surface area is 214 Å². The molecule has 2 N–H and O–H groups in total. The molecule has 0 atom stereocenters. The van der Waals surface area contributed by atoms with Crippen molar-refractivity contribution in [1.29, 1.82) is 0 Å². The maximum absolute atomic E-state index is 14.2. The molecule has 1 heterocycles. The van der Waals surface area contributed by atoms with E-state index in [4.69, 9.17) is 9.47 Å². The van der Waals surface area contributed by atoms with Gasteiger partial charge in [-0.1, -0.05) is 31.2 Å². The molecule has 37 heavy (non-hydrogen) atoms. The fourth-order valence-electron chi connectivity index (χ4n) is 4.15. The first kappa shape index (κ1) is 25.8. The topological polar surface area (TPSA) is 83.7 Å². The Morgan fingerprint density at radius 3 is 2.46 bits per heavy atom. The van der Waals surface area contributed by atoms with Crippen molar-refractivity contribution in [2.45, 2.75) is 26.3 Å². The van der Waals surface area contributed by atoms with Crippen molar-refractivity contribution >= 4 is 22.6 Å². The second-order valence-electron chi connectivity index (χ2n) is 8.67. The molecule has 0 bridgehead atoms. The van der Waals surface area contributed by atoms with Crippen LogP contribution in [0.15, 0.2) is 71.5 Å². The van der Waals surface area contributed by atoms with Crippen LogP contribution in [0.3, 0.4) is 0 Å². The van der Waals surface area contributed by atoms with E-state index in [9.17, 15) is 14.0 Å². The summed E-state index contributed by atoms with van der Waals surface area (Å²) in [4.78, 5) is 30.6. The number of benzene rings is 3. The van der Waals surface area contributed by atoms with Crippen molar-refractivity contribution in [2.75, 3.05) is 26.1 Å². The van der Waals surface area contributed by atoms with Gasteiger partial charge in [0.1, 0.15) is 5.82 Å². The summed E-state index contributed by atoms with van der Waals surface area (Å²) in [6.45, 7) is 2.40. The molecule has 0 spiro atoms. The van der Waals surface area contributed by atoms with Crippen LogP contribution in [0.1, 0.15) is 23.6 Å². The smallest absolute Gasteiger partial charge is 0.322 e. The Morgan fingerprint density at radius 1 is 0.973 bits per heavy atom. The summed E-state index contributed by atoms with van der Waals surface area (Å²) in [6, 6.07) is 18.7. The zero-order chi connectivity index (χ0) is 26.4. The standard InChI is InChI=1S/C29H30FN3O4/c1-4-19-9-11-24-21(15-19)17-22(28(34)31-24)18-33(29(35)32-25-8-6-5-7-23(25)30)14-13-20-10-12-26(36-2)27(16-20)37-3/h5-12,15-17H,4,13-14,18H2,1-3H3,(H,31,34)(H,32,35). The maximum Gasteiger partial charge on any atom is 0.322 e. The molecule has 192 valence electrons. The number of aromatic amines is 1. The van der Waals surface area contributed by atoms with Crippen LogP contribution in [0.25, 0.3) is 10.9 Å². The van der Waals surface area contributed by atoms with E-state index < -0.39 is 11.8 Å². The number of pyridine rings is 1. The Morgan fingerprint density at radius 2 is 1.73 bits per heavy atom. The van der Waals surface area contributed by atoms with Crippen molar-refractivity contribution < 1.29 is 18.7 Å². The number of amides is 2. The zero-order valence-corrected chi connectivity index (χ0v) is 21.1. The van der Waals surface area contributed by atoms with Crippen molar-refractivity contribution in [1.82, 2.24) is 9.88 Å². The number of nitrogens with one attached hydrogen (secondary N) is 2. The number of para-hydroxylation sites is 1. The number of nitrogens with zero attached hydrogens (tertiary/aromatic N) is 1. The summed E-state index contributed by atoms with van der Waals surface area (Å²) < 4.78 is 24.9. The molecule has 3 aromatic carbocycles. The average Bonchev–Trinajstić information content (AvgIpc) is 2.91. The third-order valence-electron chi connectivity index (χ3n) is 6.28. The largest absolute Gasteiger partial charge is 0.493 e. The van der Waals surface area contributed by atoms with Crippen LogP contribution in [0.4, 0.5) is 14.9 Å². The molecule has 2 amide bonds. The predicted octanol–water partition coefficient (Wildman–Crippen LogP) is 5.52. The molecule has 7 nitrogen and oxygen atoms in total. The second kappa shape index (κ2) is 11.6. The number of H-pyrrole nitrogens is 1. The monoisotopic (exact) mass is 503 g/mol. The molecule has 0 aliphatic rings. The number of carbonyl (C=O) groups excluding carboxylic acids is 1. The summed E-state index contributed by atoms with van der Waals surface area (Å²) in [7, 11) is 3.13. The molecule has 0 radical (unpaired) electrons. The molecule has 0 aliphatic carbocycles. The number of methoxy groups -OCH3 is 2. The van der Waals surface area contributed by atoms with Crippen molar-refractivity contribution in [3.63, 3.8) is 0 Å².